The van der Waals surface area contributed by atoms with Crippen molar-refractivity contribution in [2.24, 2.45) is 4.99 Å². The third kappa shape index (κ3) is 3.96. The number of guanidine groups is 1. The number of hydrogen-bond donors (Lipinski definition) is 2. The van der Waals surface area contributed by atoms with Gasteiger partial charge in [-0.3, -0.25) is 5.21 Å². The molecule has 0 amide bonds. The van der Waals surface area contributed by atoms with Crippen molar-refractivity contribution in [3.8, 4) is 0 Å². The van der Waals surface area contributed by atoms with Crippen molar-refractivity contribution < 1.29 is 5.21 Å². The van der Waals surface area contributed by atoms with Gasteiger partial charge in [0.25, 0.3) is 0 Å². The lowest BCUT2D eigenvalue weighted by atomic mass is 10.2. The molecule has 1 aliphatic heterocycles. The molecule has 2 aromatic rings. The number of hydroxylamine groups is 1. The number of pyridine rings is 1. The SMILES string of the molecule is Cc1cccnc1N1CCN(C(=Nc2ccc(I)cc2)NO)CC1. The Kier molecular flexibility index (Phi) is 5.52. The zero-order valence-electron chi connectivity index (χ0n) is 13.5. The van der Waals surface area contributed by atoms with E-state index in [2.05, 4.69) is 55.9 Å². The molecular formula is C17H20IN5O. The molecule has 3 rings (SSSR count). The standard InChI is InChI=1S/C17H20IN5O/c1-13-3-2-8-19-16(13)22-9-11-23(12-10-22)17(21-24)20-15-6-4-14(18)5-7-15/h2-8,24H,9-12H2,1H3,(H,20,21). The molecule has 1 aliphatic rings. The average Bonchev–Trinajstić information content (AvgIpc) is 2.62. The minimum atomic E-state index is 0.480. The van der Waals surface area contributed by atoms with Crippen molar-refractivity contribution in [1.29, 1.82) is 0 Å². The molecule has 6 nitrogen and oxygen atoms in total. The highest BCUT2D eigenvalue weighted by Gasteiger charge is 2.21. The van der Waals surface area contributed by atoms with Crippen LogP contribution in [0.4, 0.5) is 11.5 Å². The number of aliphatic imine (C=N–C) groups is 1. The van der Waals surface area contributed by atoms with Crippen LogP contribution in [0.3, 0.4) is 0 Å². The lowest BCUT2D eigenvalue weighted by molar-refractivity contribution is 0.207. The number of nitrogens with zero attached hydrogens (tertiary/aromatic N) is 4. The molecule has 0 spiro atoms. The molecule has 1 fully saturated rings. The van der Waals surface area contributed by atoms with E-state index in [-0.39, 0.29) is 0 Å². The predicted molar refractivity (Wildman–Crippen MR) is 104 cm³/mol. The maximum absolute atomic E-state index is 9.47. The molecule has 0 saturated carbocycles. The van der Waals surface area contributed by atoms with Gasteiger partial charge < -0.3 is 9.80 Å². The zero-order chi connectivity index (χ0) is 16.9. The summed E-state index contributed by atoms with van der Waals surface area (Å²) >= 11 is 2.26. The first-order valence-corrected chi connectivity index (χ1v) is 8.91. The molecule has 1 aromatic heterocycles. The van der Waals surface area contributed by atoms with Crippen molar-refractivity contribution >= 4 is 40.1 Å². The molecule has 126 valence electrons. The number of hydrogen-bond acceptors (Lipinski definition) is 4. The van der Waals surface area contributed by atoms with E-state index >= 15 is 0 Å². The van der Waals surface area contributed by atoms with Crippen LogP contribution in [0.2, 0.25) is 0 Å². The van der Waals surface area contributed by atoms with Gasteiger partial charge in [-0.05, 0) is 65.4 Å². The van der Waals surface area contributed by atoms with E-state index in [1.54, 1.807) is 0 Å². The van der Waals surface area contributed by atoms with Gasteiger partial charge in [0.1, 0.15) is 5.82 Å². The van der Waals surface area contributed by atoms with E-state index in [9.17, 15) is 5.21 Å². The van der Waals surface area contributed by atoms with Gasteiger partial charge in [0.2, 0.25) is 5.96 Å². The highest BCUT2D eigenvalue weighted by Crippen LogP contribution is 2.19. The van der Waals surface area contributed by atoms with Gasteiger partial charge in [0.05, 0.1) is 5.69 Å². The van der Waals surface area contributed by atoms with Crippen LogP contribution >= 0.6 is 22.6 Å². The largest absolute Gasteiger partial charge is 0.353 e. The van der Waals surface area contributed by atoms with E-state index in [1.165, 1.54) is 5.56 Å². The van der Waals surface area contributed by atoms with Gasteiger partial charge in [-0.15, -0.1) is 0 Å². The zero-order valence-corrected chi connectivity index (χ0v) is 15.6. The van der Waals surface area contributed by atoms with Crippen molar-refractivity contribution in [3.05, 3.63) is 51.7 Å². The Labute approximate surface area is 155 Å². The monoisotopic (exact) mass is 437 g/mol. The number of nitrogens with one attached hydrogen (secondary N) is 1. The summed E-state index contributed by atoms with van der Waals surface area (Å²) in [6.07, 6.45) is 1.83. The third-order valence-electron chi connectivity index (χ3n) is 4.02. The number of rotatable bonds is 2. The van der Waals surface area contributed by atoms with Crippen LogP contribution in [-0.2, 0) is 0 Å². The molecule has 0 unspecified atom stereocenters. The molecule has 0 aliphatic carbocycles. The number of aryl methyl sites for hydroxylation is 1. The van der Waals surface area contributed by atoms with Crippen molar-refractivity contribution in [2.75, 3.05) is 31.1 Å². The first kappa shape index (κ1) is 17.0. The Balaban J connectivity index is 1.68. The van der Waals surface area contributed by atoms with Crippen LogP contribution in [0, 0.1) is 10.5 Å². The summed E-state index contributed by atoms with van der Waals surface area (Å²) in [7, 11) is 0. The lowest BCUT2D eigenvalue weighted by Gasteiger charge is -2.36. The van der Waals surface area contributed by atoms with Crippen LogP contribution in [0.15, 0.2) is 47.6 Å². The maximum atomic E-state index is 9.47. The predicted octanol–water partition coefficient (Wildman–Crippen LogP) is 2.78. The third-order valence-corrected chi connectivity index (χ3v) is 4.74. The van der Waals surface area contributed by atoms with E-state index in [0.717, 1.165) is 41.3 Å². The van der Waals surface area contributed by atoms with E-state index in [4.69, 9.17) is 0 Å². The highest BCUT2D eigenvalue weighted by atomic mass is 127. The quantitative estimate of drug-likeness (QED) is 0.328. The Bertz CT molecular complexity index is 711. The molecule has 0 atom stereocenters. The van der Waals surface area contributed by atoms with Gasteiger partial charge in [-0.25, -0.2) is 15.5 Å². The topological polar surface area (TPSA) is 64.0 Å². The van der Waals surface area contributed by atoms with Gasteiger partial charge in [-0.1, -0.05) is 6.07 Å². The normalized spacial score (nSPS) is 15.5. The van der Waals surface area contributed by atoms with Crippen LogP contribution in [0.5, 0.6) is 0 Å². The number of aromatic nitrogens is 1. The fourth-order valence-electron chi connectivity index (χ4n) is 2.74. The summed E-state index contributed by atoms with van der Waals surface area (Å²) in [5.41, 5.74) is 4.24. The second kappa shape index (κ2) is 7.80. The molecule has 2 N–H and O–H groups in total. The van der Waals surface area contributed by atoms with E-state index in [0.29, 0.717) is 5.96 Å². The van der Waals surface area contributed by atoms with E-state index < -0.39 is 0 Å². The summed E-state index contributed by atoms with van der Waals surface area (Å²) in [6.45, 7) is 5.30. The molecule has 7 heteroatoms. The van der Waals surface area contributed by atoms with Gasteiger partial charge in [0.15, 0.2) is 0 Å². The van der Waals surface area contributed by atoms with Gasteiger partial charge in [0, 0.05) is 35.9 Å². The second-order valence-electron chi connectivity index (χ2n) is 5.64. The smallest absolute Gasteiger partial charge is 0.223 e. The lowest BCUT2D eigenvalue weighted by Crippen LogP contribution is -2.52. The number of anilines is 1. The Morgan fingerprint density at radius 2 is 1.88 bits per heavy atom. The fourth-order valence-corrected chi connectivity index (χ4v) is 3.10. The highest BCUT2D eigenvalue weighted by molar-refractivity contribution is 14.1. The molecule has 1 saturated heterocycles. The minimum absolute atomic E-state index is 0.480. The van der Waals surface area contributed by atoms with Crippen molar-refractivity contribution in [1.82, 2.24) is 15.4 Å². The number of benzene rings is 1. The maximum Gasteiger partial charge on any atom is 0.223 e. The fraction of sp³-hybridized carbons (Fsp3) is 0.294. The molecular weight excluding hydrogens is 417 g/mol. The summed E-state index contributed by atoms with van der Waals surface area (Å²) in [5, 5.41) is 9.47. The molecule has 0 bridgehead atoms. The Hall–Kier alpha value is -1.87. The molecule has 2 heterocycles. The van der Waals surface area contributed by atoms with Gasteiger partial charge in [-0.2, -0.15) is 0 Å². The first-order chi connectivity index (χ1) is 11.7. The van der Waals surface area contributed by atoms with Crippen LogP contribution < -0.4 is 10.4 Å². The summed E-state index contributed by atoms with van der Waals surface area (Å²) < 4.78 is 1.16. The second-order valence-corrected chi connectivity index (χ2v) is 6.89. The number of piperazine rings is 1. The number of halogens is 1. The Morgan fingerprint density at radius 1 is 1.17 bits per heavy atom. The molecule has 24 heavy (non-hydrogen) atoms. The van der Waals surface area contributed by atoms with Crippen molar-refractivity contribution in [3.63, 3.8) is 0 Å². The van der Waals surface area contributed by atoms with Crippen LogP contribution in [0.1, 0.15) is 5.56 Å². The summed E-state index contributed by atoms with van der Waals surface area (Å²) in [4.78, 5) is 13.3. The summed E-state index contributed by atoms with van der Waals surface area (Å²) in [6, 6.07) is 11.9. The summed E-state index contributed by atoms with van der Waals surface area (Å²) in [5.74, 6) is 1.51. The molecule has 1 aromatic carbocycles. The first-order valence-electron chi connectivity index (χ1n) is 7.83. The minimum Gasteiger partial charge on any atom is -0.353 e. The van der Waals surface area contributed by atoms with E-state index in [1.807, 2.05) is 41.4 Å². The average molecular weight is 437 g/mol. The van der Waals surface area contributed by atoms with Crippen LogP contribution in [-0.4, -0.2) is 47.2 Å². The van der Waals surface area contributed by atoms with Crippen molar-refractivity contribution in [2.45, 2.75) is 6.92 Å². The van der Waals surface area contributed by atoms with Gasteiger partial charge >= 0.3 is 0 Å². The Morgan fingerprint density at radius 3 is 2.50 bits per heavy atom. The molecule has 0 radical (unpaired) electrons. The van der Waals surface area contributed by atoms with Crippen LogP contribution in [0.25, 0.3) is 0 Å².